The van der Waals surface area contributed by atoms with Crippen LogP contribution in [-0.4, -0.2) is 44.9 Å². The summed E-state index contributed by atoms with van der Waals surface area (Å²) >= 11 is 0. The van der Waals surface area contributed by atoms with Crippen molar-refractivity contribution >= 4 is 22.8 Å². The number of hydrogen-bond donors (Lipinski definition) is 1. The molecule has 2 fully saturated rings. The number of nitrogens with zero attached hydrogens (tertiary/aromatic N) is 3. The zero-order valence-electron chi connectivity index (χ0n) is 18.8. The van der Waals surface area contributed by atoms with Gasteiger partial charge in [-0.2, -0.15) is 0 Å². The summed E-state index contributed by atoms with van der Waals surface area (Å²) in [6.45, 7) is 0.414. The first-order chi connectivity index (χ1) is 16.0. The highest BCUT2D eigenvalue weighted by atomic mass is 19.1. The Balaban J connectivity index is 1.29. The average Bonchev–Trinajstić information content (AvgIpc) is 3.37. The van der Waals surface area contributed by atoms with Crippen molar-refractivity contribution in [2.45, 2.75) is 50.6 Å². The maximum atomic E-state index is 13.5. The Labute approximate surface area is 192 Å². The van der Waals surface area contributed by atoms with Crippen LogP contribution in [0, 0.1) is 11.7 Å². The number of fused-ring (bicyclic) bond motifs is 2. The van der Waals surface area contributed by atoms with Gasteiger partial charge in [0.25, 0.3) is 5.91 Å². The summed E-state index contributed by atoms with van der Waals surface area (Å²) in [5.41, 5.74) is 2.10. The summed E-state index contributed by atoms with van der Waals surface area (Å²) in [7, 11) is 1.90. The summed E-state index contributed by atoms with van der Waals surface area (Å²) in [5, 5.41) is 3.04. The van der Waals surface area contributed by atoms with Crippen molar-refractivity contribution in [3.8, 4) is 0 Å². The molecule has 33 heavy (non-hydrogen) atoms. The topological polar surface area (TPSA) is 67.2 Å². The van der Waals surface area contributed by atoms with Gasteiger partial charge in [0, 0.05) is 37.7 Å². The number of rotatable bonds is 5. The van der Waals surface area contributed by atoms with Gasteiger partial charge in [-0.1, -0.05) is 31.0 Å². The predicted octanol–water partition coefficient (Wildman–Crippen LogP) is 3.84. The Bertz CT molecular complexity index is 1180. The minimum Gasteiger partial charge on any atom is -0.354 e. The van der Waals surface area contributed by atoms with E-state index in [0.717, 1.165) is 43.4 Å². The van der Waals surface area contributed by atoms with Gasteiger partial charge in [0.15, 0.2) is 0 Å². The first kappa shape index (κ1) is 21.6. The van der Waals surface area contributed by atoms with Crippen LogP contribution in [0.4, 0.5) is 4.39 Å². The fourth-order valence-electron chi connectivity index (χ4n) is 5.58. The lowest BCUT2D eigenvalue weighted by molar-refractivity contribution is -0.125. The van der Waals surface area contributed by atoms with E-state index >= 15 is 0 Å². The van der Waals surface area contributed by atoms with Crippen molar-refractivity contribution in [2.24, 2.45) is 13.0 Å². The van der Waals surface area contributed by atoms with Gasteiger partial charge in [-0.15, -0.1) is 0 Å². The van der Waals surface area contributed by atoms with Crippen LogP contribution in [0.5, 0.6) is 0 Å². The second-order valence-corrected chi connectivity index (χ2v) is 9.20. The van der Waals surface area contributed by atoms with Crippen molar-refractivity contribution in [2.75, 3.05) is 6.54 Å². The third-order valence-electron chi connectivity index (χ3n) is 7.23. The number of halogens is 1. The molecule has 3 atom stereocenters. The molecule has 1 aromatic heterocycles. The molecule has 1 N–H and O–H groups in total. The maximum absolute atomic E-state index is 13.5. The molecule has 0 spiro atoms. The van der Waals surface area contributed by atoms with Gasteiger partial charge < -0.3 is 14.8 Å². The van der Waals surface area contributed by atoms with Crippen LogP contribution >= 0.6 is 0 Å². The first-order valence-electron chi connectivity index (χ1n) is 11.8. The Kier molecular flexibility index (Phi) is 5.87. The molecule has 1 saturated heterocycles. The lowest BCUT2D eigenvalue weighted by atomic mass is 9.84. The second kappa shape index (κ2) is 8.96. The van der Waals surface area contributed by atoms with Crippen molar-refractivity contribution in [1.29, 1.82) is 0 Å². The molecule has 5 rings (SSSR count). The van der Waals surface area contributed by atoms with E-state index in [2.05, 4.69) is 10.3 Å². The Morgan fingerprint density at radius 3 is 2.73 bits per heavy atom. The summed E-state index contributed by atoms with van der Waals surface area (Å²) in [6.07, 6.45) is 5.55. The standard InChI is InChI=1S/C26H29FN4O2/c1-30-22-12-11-19(27)16-20(22)29-24(30)13-14-28-25(32)23-15-18-9-5-6-10-21(18)31(23)26(33)17-7-3-2-4-8-17/h2-4,7-8,11-12,16,18,21,23H,5-6,9-10,13-15H2,1H3,(H,28,32). The largest absolute Gasteiger partial charge is 0.354 e. The number of imidazole rings is 1. The SMILES string of the molecule is Cn1c(CCNC(=O)C2CC3CCCCC3N2C(=O)c2ccccc2)nc2cc(F)ccc21. The first-order valence-corrected chi connectivity index (χ1v) is 11.8. The van der Waals surface area contributed by atoms with Gasteiger partial charge in [0.05, 0.1) is 11.0 Å². The molecule has 7 heteroatoms. The van der Waals surface area contributed by atoms with Gasteiger partial charge in [0.2, 0.25) is 5.91 Å². The number of carbonyl (C=O) groups excluding carboxylic acids is 2. The highest BCUT2D eigenvalue weighted by molar-refractivity contribution is 5.98. The van der Waals surface area contributed by atoms with Crippen LogP contribution < -0.4 is 5.32 Å². The molecule has 1 aliphatic heterocycles. The van der Waals surface area contributed by atoms with E-state index in [1.165, 1.54) is 12.1 Å². The highest BCUT2D eigenvalue weighted by Crippen LogP contribution is 2.40. The Hall–Kier alpha value is -3.22. The molecule has 0 bridgehead atoms. The molecule has 0 radical (unpaired) electrons. The Morgan fingerprint density at radius 1 is 1.12 bits per heavy atom. The minimum atomic E-state index is -0.444. The zero-order chi connectivity index (χ0) is 22.9. The molecule has 2 heterocycles. The van der Waals surface area contributed by atoms with Crippen LogP contribution in [-0.2, 0) is 18.3 Å². The molecule has 2 aliphatic rings. The van der Waals surface area contributed by atoms with Crippen LogP contribution in [0.15, 0.2) is 48.5 Å². The van der Waals surface area contributed by atoms with Gasteiger partial charge >= 0.3 is 0 Å². The molecular formula is C26H29FN4O2. The lowest BCUT2D eigenvalue weighted by Gasteiger charge is -2.33. The number of benzene rings is 2. The van der Waals surface area contributed by atoms with Crippen LogP contribution in [0.1, 0.15) is 48.3 Å². The summed E-state index contributed by atoms with van der Waals surface area (Å²) in [6, 6.07) is 13.5. The van der Waals surface area contributed by atoms with Gasteiger partial charge in [-0.05, 0) is 49.4 Å². The lowest BCUT2D eigenvalue weighted by Crippen LogP contribution is -2.49. The zero-order valence-corrected chi connectivity index (χ0v) is 18.8. The molecule has 2 aromatic carbocycles. The number of likely N-dealkylation sites (tertiary alicyclic amines) is 1. The number of aryl methyl sites for hydroxylation is 1. The van der Waals surface area contributed by atoms with Crippen LogP contribution in [0.25, 0.3) is 11.0 Å². The summed E-state index contributed by atoms with van der Waals surface area (Å²) in [4.78, 5) is 33.0. The number of carbonyl (C=O) groups is 2. The van der Waals surface area contributed by atoms with Crippen molar-refractivity contribution in [3.63, 3.8) is 0 Å². The molecule has 172 valence electrons. The molecular weight excluding hydrogens is 419 g/mol. The van der Waals surface area contributed by atoms with E-state index in [-0.39, 0.29) is 23.7 Å². The van der Waals surface area contributed by atoms with Gasteiger partial charge in [-0.3, -0.25) is 9.59 Å². The predicted molar refractivity (Wildman–Crippen MR) is 124 cm³/mol. The molecule has 3 aromatic rings. The minimum absolute atomic E-state index is 0.0532. The Morgan fingerprint density at radius 2 is 1.91 bits per heavy atom. The fraction of sp³-hybridized carbons (Fsp3) is 0.423. The van der Waals surface area contributed by atoms with E-state index < -0.39 is 6.04 Å². The smallest absolute Gasteiger partial charge is 0.254 e. The highest BCUT2D eigenvalue weighted by Gasteiger charge is 2.47. The van der Waals surface area contributed by atoms with E-state index in [9.17, 15) is 14.0 Å². The number of nitrogens with one attached hydrogen (secondary N) is 1. The summed E-state index contributed by atoms with van der Waals surface area (Å²) < 4.78 is 15.4. The van der Waals surface area contributed by atoms with Crippen LogP contribution in [0.2, 0.25) is 0 Å². The molecule has 2 amide bonds. The third-order valence-corrected chi connectivity index (χ3v) is 7.23. The van der Waals surface area contributed by atoms with Gasteiger partial charge in [-0.25, -0.2) is 9.37 Å². The molecule has 1 saturated carbocycles. The van der Waals surface area contributed by atoms with E-state index in [1.807, 2.05) is 46.8 Å². The van der Waals surface area contributed by atoms with E-state index in [0.29, 0.717) is 30.0 Å². The van der Waals surface area contributed by atoms with Gasteiger partial charge in [0.1, 0.15) is 17.7 Å². The quantitative estimate of drug-likeness (QED) is 0.645. The van der Waals surface area contributed by atoms with E-state index in [1.54, 1.807) is 6.07 Å². The number of hydrogen-bond acceptors (Lipinski definition) is 3. The molecule has 3 unspecified atom stereocenters. The number of aromatic nitrogens is 2. The monoisotopic (exact) mass is 448 g/mol. The van der Waals surface area contributed by atoms with Crippen molar-refractivity contribution in [3.05, 3.63) is 65.7 Å². The normalized spacial score (nSPS) is 22.4. The van der Waals surface area contributed by atoms with Crippen molar-refractivity contribution in [1.82, 2.24) is 19.8 Å². The molecule has 1 aliphatic carbocycles. The van der Waals surface area contributed by atoms with Crippen LogP contribution in [0.3, 0.4) is 0 Å². The second-order valence-electron chi connectivity index (χ2n) is 9.20. The number of amides is 2. The third kappa shape index (κ3) is 4.12. The maximum Gasteiger partial charge on any atom is 0.254 e. The average molecular weight is 449 g/mol. The molecule has 6 nitrogen and oxygen atoms in total. The fourth-order valence-corrected chi connectivity index (χ4v) is 5.58. The summed E-state index contributed by atoms with van der Waals surface area (Å²) in [5.74, 6) is 0.706. The van der Waals surface area contributed by atoms with Crippen molar-refractivity contribution < 1.29 is 14.0 Å². The van der Waals surface area contributed by atoms with E-state index in [4.69, 9.17) is 0 Å².